The minimum absolute atomic E-state index is 0.0474. The zero-order valence-electron chi connectivity index (χ0n) is 15.5. The van der Waals surface area contributed by atoms with Crippen molar-refractivity contribution in [1.82, 2.24) is 9.80 Å². The third-order valence-corrected chi connectivity index (χ3v) is 6.06. The van der Waals surface area contributed by atoms with E-state index in [2.05, 4.69) is 4.90 Å². The van der Waals surface area contributed by atoms with Crippen molar-refractivity contribution in [2.75, 3.05) is 47.0 Å². The van der Waals surface area contributed by atoms with Gasteiger partial charge in [-0.25, -0.2) is 4.39 Å². The van der Waals surface area contributed by atoms with E-state index in [0.717, 1.165) is 43.9 Å². The molecular formula is C20H27FN2O3. The molecule has 3 aliphatic rings. The fourth-order valence-corrected chi connectivity index (χ4v) is 4.74. The number of hydrogen-bond acceptors (Lipinski definition) is 4. The first-order chi connectivity index (χ1) is 12.5. The summed E-state index contributed by atoms with van der Waals surface area (Å²) in [7, 11) is 3.60. The maximum atomic E-state index is 14.0. The Kier molecular flexibility index (Phi) is 4.88. The molecule has 3 aliphatic heterocycles. The third-order valence-electron chi connectivity index (χ3n) is 6.06. The number of rotatable bonds is 3. The summed E-state index contributed by atoms with van der Waals surface area (Å²) >= 11 is 0. The topological polar surface area (TPSA) is 42.0 Å². The van der Waals surface area contributed by atoms with Gasteiger partial charge in [0.25, 0.3) is 0 Å². The molecule has 4 rings (SSSR count). The lowest BCUT2D eigenvalue weighted by molar-refractivity contribution is -0.134. The lowest BCUT2D eigenvalue weighted by Gasteiger charge is -2.36. The number of halogens is 1. The standard InChI is InChI=1S/C20H27FN2O3/c1-22(2)20(24)16-11-23(10-13-5-7-25-8-6-13)19-15-9-14(21)3-4-18(15)26-12-17(16)19/h3-4,9,13,16-17,19H,5-8,10-12H2,1-2H3/t16-,17+,19+/m1/s1. The molecule has 3 atom stereocenters. The molecule has 2 fully saturated rings. The number of amides is 1. The summed E-state index contributed by atoms with van der Waals surface area (Å²) in [5.41, 5.74) is 0.891. The van der Waals surface area contributed by atoms with E-state index in [1.165, 1.54) is 6.07 Å². The number of carbonyl (C=O) groups excluding carboxylic acids is 1. The van der Waals surface area contributed by atoms with Crippen LogP contribution in [0.2, 0.25) is 0 Å². The maximum absolute atomic E-state index is 14.0. The Morgan fingerprint density at radius 3 is 2.81 bits per heavy atom. The molecule has 0 unspecified atom stereocenters. The summed E-state index contributed by atoms with van der Waals surface area (Å²) in [5, 5.41) is 0. The summed E-state index contributed by atoms with van der Waals surface area (Å²) in [6, 6.07) is 4.80. The van der Waals surface area contributed by atoms with E-state index in [1.54, 1.807) is 31.1 Å². The van der Waals surface area contributed by atoms with Gasteiger partial charge in [-0.2, -0.15) is 0 Å². The van der Waals surface area contributed by atoms with E-state index in [-0.39, 0.29) is 29.6 Å². The van der Waals surface area contributed by atoms with E-state index < -0.39 is 0 Å². The predicted octanol–water partition coefficient (Wildman–Crippen LogP) is 2.32. The molecule has 0 aromatic heterocycles. The highest BCUT2D eigenvalue weighted by atomic mass is 19.1. The number of ether oxygens (including phenoxy) is 2. The summed E-state index contributed by atoms with van der Waals surface area (Å²) in [6.07, 6.45) is 2.10. The van der Waals surface area contributed by atoms with E-state index in [1.807, 2.05) is 0 Å². The van der Waals surface area contributed by atoms with Crippen LogP contribution in [0.4, 0.5) is 4.39 Å². The number of hydrogen-bond donors (Lipinski definition) is 0. The van der Waals surface area contributed by atoms with Crippen LogP contribution in [-0.2, 0) is 9.53 Å². The SMILES string of the molecule is CN(C)C(=O)[C@@H]1CN(CC2CCOCC2)[C@H]2c3cc(F)ccc3OC[C@@H]12. The van der Waals surface area contributed by atoms with Crippen LogP contribution in [0.1, 0.15) is 24.4 Å². The van der Waals surface area contributed by atoms with Gasteiger partial charge in [0.05, 0.1) is 12.5 Å². The van der Waals surface area contributed by atoms with Gasteiger partial charge in [-0.1, -0.05) is 0 Å². The van der Waals surface area contributed by atoms with Gasteiger partial charge in [-0.15, -0.1) is 0 Å². The minimum atomic E-state index is -0.249. The number of nitrogens with zero attached hydrogens (tertiary/aromatic N) is 2. The zero-order valence-corrected chi connectivity index (χ0v) is 15.5. The average molecular weight is 362 g/mol. The van der Waals surface area contributed by atoms with E-state index in [0.29, 0.717) is 19.1 Å². The molecule has 0 bridgehead atoms. The Morgan fingerprint density at radius 1 is 1.31 bits per heavy atom. The van der Waals surface area contributed by atoms with Crippen LogP contribution in [0, 0.1) is 23.6 Å². The normalized spacial score (nSPS) is 29.0. The van der Waals surface area contributed by atoms with Crippen LogP contribution in [-0.4, -0.2) is 62.7 Å². The van der Waals surface area contributed by atoms with Crippen molar-refractivity contribution in [1.29, 1.82) is 0 Å². The van der Waals surface area contributed by atoms with Gasteiger partial charge in [0, 0.05) is 57.9 Å². The van der Waals surface area contributed by atoms with E-state index in [9.17, 15) is 9.18 Å². The second-order valence-electron chi connectivity index (χ2n) is 7.95. The number of fused-ring (bicyclic) bond motifs is 3. The van der Waals surface area contributed by atoms with Crippen molar-refractivity contribution >= 4 is 5.91 Å². The largest absolute Gasteiger partial charge is 0.493 e. The molecule has 1 aromatic carbocycles. The summed E-state index contributed by atoms with van der Waals surface area (Å²) < 4.78 is 25.3. The van der Waals surface area contributed by atoms with Gasteiger partial charge in [0.2, 0.25) is 5.91 Å². The first-order valence-corrected chi connectivity index (χ1v) is 9.50. The molecule has 5 nitrogen and oxygen atoms in total. The summed E-state index contributed by atoms with van der Waals surface area (Å²) in [5.74, 6) is 1.17. The quantitative estimate of drug-likeness (QED) is 0.828. The van der Waals surface area contributed by atoms with Crippen LogP contribution >= 0.6 is 0 Å². The molecule has 3 heterocycles. The molecule has 0 saturated carbocycles. The monoisotopic (exact) mass is 362 g/mol. The molecule has 0 radical (unpaired) electrons. The van der Waals surface area contributed by atoms with Crippen LogP contribution in [0.3, 0.4) is 0 Å². The van der Waals surface area contributed by atoms with Crippen LogP contribution in [0.5, 0.6) is 5.75 Å². The average Bonchev–Trinajstić information content (AvgIpc) is 3.00. The molecule has 1 amide bonds. The Morgan fingerprint density at radius 2 is 2.08 bits per heavy atom. The van der Waals surface area contributed by atoms with Crippen molar-refractivity contribution in [3.63, 3.8) is 0 Å². The molecule has 26 heavy (non-hydrogen) atoms. The van der Waals surface area contributed by atoms with Crippen LogP contribution in [0.15, 0.2) is 18.2 Å². The van der Waals surface area contributed by atoms with Crippen molar-refractivity contribution in [2.45, 2.75) is 18.9 Å². The van der Waals surface area contributed by atoms with Crippen LogP contribution < -0.4 is 4.74 Å². The van der Waals surface area contributed by atoms with Gasteiger partial charge in [0.1, 0.15) is 11.6 Å². The predicted molar refractivity (Wildman–Crippen MR) is 95.4 cm³/mol. The molecule has 0 spiro atoms. The van der Waals surface area contributed by atoms with Crippen LogP contribution in [0.25, 0.3) is 0 Å². The minimum Gasteiger partial charge on any atom is -0.493 e. The third kappa shape index (κ3) is 3.21. The first kappa shape index (κ1) is 17.7. The molecular weight excluding hydrogens is 335 g/mol. The second kappa shape index (κ2) is 7.16. The summed E-state index contributed by atoms with van der Waals surface area (Å²) in [4.78, 5) is 16.8. The Balaban J connectivity index is 1.65. The smallest absolute Gasteiger partial charge is 0.226 e. The van der Waals surface area contributed by atoms with Gasteiger partial charge >= 0.3 is 0 Å². The number of carbonyl (C=O) groups is 1. The van der Waals surface area contributed by atoms with Crippen molar-refractivity contribution in [3.8, 4) is 5.75 Å². The maximum Gasteiger partial charge on any atom is 0.226 e. The van der Waals surface area contributed by atoms with Crippen molar-refractivity contribution in [3.05, 3.63) is 29.6 Å². The number of likely N-dealkylation sites (tertiary alicyclic amines) is 1. The van der Waals surface area contributed by atoms with Gasteiger partial charge in [0.15, 0.2) is 0 Å². The van der Waals surface area contributed by atoms with Gasteiger partial charge < -0.3 is 14.4 Å². The molecule has 2 saturated heterocycles. The Labute approximate surface area is 154 Å². The highest BCUT2D eigenvalue weighted by molar-refractivity contribution is 5.79. The Bertz CT molecular complexity index is 675. The molecule has 142 valence electrons. The fourth-order valence-electron chi connectivity index (χ4n) is 4.74. The zero-order chi connectivity index (χ0) is 18.3. The molecule has 0 N–H and O–H groups in total. The van der Waals surface area contributed by atoms with Gasteiger partial charge in [-0.3, -0.25) is 9.69 Å². The number of benzene rings is 1. The molecule has 0 aliphatic carbocycles. The molecule has 1 aromatic rings. The van der Waals surface area contributed by atoms with E-state index >= 15 is 0 Å². The highest BCUT2D eigenvalue weighted by Crippen LogP contribution is 2.48. The first-order valence-electron chi connectivity index (χ1n) is 9.50. The van der Waals surface area contributed by atoms with Crippen molar-refractivity contribution < 1.29 is 18.7 Å². The summed E-state index contributed by atoms with van der Waals surface area (Å²) in [6.45, 7) is 3.76. The van der Waals surface area contributed by atoms with Crippen molar-refractivity contribution in [2.24, 2.45) is 17.8 Å². The second-order valence-corrected chi connectivity index (χ2v) is 7.95. The Hall–Kier alpha value is -1.66. The molecule has 6 heteroatoms. The fraction of sp³-hybridized carbons (Fsp3) is 0.650. The lowest BCUT2D eigenvalue weighted by atomic mass is 9.84. The van der Waals surface area contributed by atoms with Gasteiger partial charge in [-0.05, 0) is 37.0 Å². The van der Waals surface area contributed by atoms with E-state index in [4.69, 9.17) is 9.47 Å². The lowest BCUT2D eigenvalue weighted by Crippen LogP contribution is -2.37. The highest BCUT2D eigenvalue weighted by Gasteiger charge is 2.49.